The number of imidazole rings is 1. The summed E-state index contributed by atoms with van der Waals surface area (Å²) in [6, 6.07) is 3.94. The number of hydrogen-bond acceptors (Lipinski definition) is 3. The van der Waals surface area contributed by atoms with Gasteiger partial charge < -0.3 is 9.67 Å². The Morgan fingerprint density at radius 2 is 2.07 bits per heavy atom. The lowest BCUT2D eigenvalue weighted by Crippen LogP contribution is -1.97. The van der Waals surface area contributed by atoms with Crippen LogP contribution in [0.2, 0.25) is 0 Å². The van der Waals surface area contributed by atoms with E-state index in [4.69, 9.17) is 5.11 Å². The summed E-state index contributed by atoms with van der Waals surface area (Å²) < 4.78 is 1.91. The third-order valence-electron chi connectivity index (χ3n) is 2.43. The molecule has 0 spiro atoms. The maximum Gasteiger partial charge on any atom is 0.0999 e. The second kappa shape index (κ2) is 3.82. The largest absolute Gasteiger partial charge is 0.390 e. The Hall–Kier alpha value is -1.68. The molecule has 0 radical (unpaired) electrons. The molecule has 2 rings (SSSR count). The standard InChI is InChI=1S/C11H13N3O/c1-8-3-4-10(5-12-8)14-7-13-11(6-15)9(14)2/h3-5,7,15H,6H2,1-2H3. The monoisotopic (exact) mass is 203 g/mol. The van der Waals surface area contributed by atoms with E-state index in [0.29, 0.717) is 5.69 Å². The van der Waals surface area contributed by atoms with Crippen molar-refractivity contribution in [2.24, 2.45) is 0 Å². The van der Waals surface area contributed by atoms with Crippen LogP contribution in [0.25, 0.3) is 5.69 Å². The van der Waals surface area contributed by atoms with E-state index in [9.17, 15) is 0 Å². The van der Waals surface area contributed by atoms with Crippen LogP contribution >= 0.6 is 0 Å². The van der Waals surface area contributed by atoms with Crippen LogP contribution in [0.4, 0.5) is 0 Å². The molecule has 1 N–H and O–H groups in total. The first-order chi connectivity index (χ1) is 7.22. The predicted molar refractivity (Wildman–Crippen MR) is 56.8 cm³/mol. The SMILES string of the molecule is Cc1ccc(-n2cnc(CO)c2C)cn1. The topological polar surface area (TPSA) is 50.9 Å². The Labute approximate surface area is 88.2 Å². The number of nitrogens with zero attached hydrogens (tertiary/aromatic N) is 3. The molecule has 0 unspecified atom stereocenters. The highest BCUT2D eigenvalue weighted by Gasteiger charge is 2.06. The van der Waals surface area contributed by atoms with Gasteiger partial charge in [-0.25, -0.2) is 4.98 Å². The Bertz CT molecular complexity index is 459. The highest BCUT2D eigenvalue weighted by atomic mass is 16.3. The van der Waals surface area contributed by atoms with Crippen LogP contribution in [0.15, 0.2) is 24.7 Å². The van der Waals surface area contributed by atoms with Crippen LogP contribution < -0.4 is 0 Å². The molecule has 0 aliphatic rings. The van der Waals surface area contributed by atoms with Crippen molar-refractivity contribution in [3.63, 3.8) is 0 Å². The molecule has 0 atom stereocenters. The van der Waals surface area contributed by atoms with Crippen molar-refractivity contribution < 1.29 is 5.11 Å². The van der Waals surface area contributed by atoms with Crippen LogP contribution in [-0.2, 0) is 6.61 Å². The summed E-state index contributed by atoms with van der Waals surface area (Å²) in [5.74, 6) is 0. The minimum absolute atomic E-state index is 0.0296. The van der Waals surface area contributed by atoms with E-state index in [0.717, 1.165) is 17.1 Å². The van der Waals surface area contributed by atoms with Gasteiger partial charge in [0.15, 0.2) is 0 Å². The van der Waals surface area contributed by atoms with Crippen LogP contribution in [0.1, 0.15) is 17.1 Å². The molecule has 15 heavy (non-hydrogen) atoms. The van der Waals surface area contributed by atoms with Gasteiger partial charge in [0.05, 0.1) is 30.5 Å². The van der Waals surface area contributed by atoms with Gasteiger partial charge >= 0.3 is 0 Å². The van der Waals surface area contributed by atoms with Crippen molar-refractivity contribution in [1.82, 2.24) is 14.5 Å². The van der Waals surface area contributed by atoms with E-state index in [1.54, 1.807) is 12.5 Å². The smallest absolute Gasteiger partial charge is 0.0999 e. The lowest BCUT2D eigenvalue weighted by atomic mass is 10.3. The summed E-state index contributed by atoms with van der Waals surface area (Å²) in [4.78, 5) is 8.34. The summed E-state index contributed by atoms with van der Waals surface area (Å²) >= 11 is 0. The minimum atomic E-state index is -0.0296. The molecule has 0 saturated carbocycles. The summed E-state index contributed by atoms with van der Waals surface area (Å²) in [7, 11) is 0. The Kier molecular flexibility index (Phi) is 2.51. The highest BCUT2D eigenvalue weighted by molar-refractivity contribution is 5.33. The molecule has 0 fully saturated rings. The number of hydrogen-bond donors (Lipinski definition) is 1. The summed E-state index contributed by atoms with van der Waals surface area (Å²) in [6.07, 6.45) is 3.50. The van der Waals surface area contributed by atoms with Gasteiger partial charge in [0.2, 0.25) is 0 Å². The molecule has 0 aromatic carbocycles. The third-order valence-corrected chi connectivity index (χ3v) is 2.43. The van der Waals surface area contributed by atoms with Crippen molar-refractivity contribution >= 4 is 0 Å². The van der Waals surface area contributed by atoms with E-state index >= 15 is 0 Å². The van der Waals surface area contributed by atoms with Gasteiger partial charge in [-0.05, 0) is 26.0 Å². The zero-order valence-electron chi connectivity index (χ0n) is 8.81. The van der Waals surface area contributed by atoms with Crippen LogP contribution in [0, 0.1) is 13.8 Å². The van der Waals surface area contributed by atoms with Crippen LogP contribution in [-0.4, -0.2) is 19.6 Å². The fourth-order valence-electron chi connectivity index (χ4n) is 1.46. The van der Waals surface area contributed by atoms with Crippen molar-refractivity contribution in [1.29, 1.82) is 0 Å². The third kappa shape index (κ3) is 1.76. The van der Waals surface area contributed by atoms with E-state index < -0.39 is 0 Å². The van der Waals surface area contributed by atoms with Gasteiger partial charge in [-0.2, -0.15) is 0 Å². The molecule has 4 heteroatoms. The van der Waals surface area contributed by atoms with Crippen LogP contribution in [0.5, 0.6) is 0 Å². The number of rotatable bonds is 2. The first-order valence-corrected chi connectivity index (χ1v) is 4.79. The van der Waals surface area contributed by atoms with E-state index in [1.807, 2.05) is 30.5 Å². The zero-order valence-corrected chi connectivity index (χ0v) is 8.81. The lowest BCUT2D eigenvalue weighted by Gasteiger charge is -2.05. The Morgan fingerprint density at radius 3 is 2.60 bits per heavy atom. The first-order valence-electron chi connectivity index (χ1n) is 4.79. The summed E-state index contributed by atoms with van der Waals surface area (Å²) in [5, 5.41) is 9.03. The Morgan fingerprint density at radius 1 is 1.27 bits per heavy atom. The number of aliphatic hydroxyl groups excluding tert-OH is 1. The molecule has 78 valence electrons. The van der Waals surface area contributed by atoms with Crippen molar-refractivity contribution in [3.8, 4) is 5.69 Å². The van der Waals surface area contributed by atoms with Crippen molar-refractivity contribution in [3.05, 3.63) is 41.7 Å². The average Bonchev–Trinajstić information content (AvgIpc) is 2.61. The maximum atomic E-state index is 9.03. The number of aliphatic hydroxyl groups is 1. The average molecular weight is 203 g/mol. The zero-order chi connectivity index (χ0) is 10.8. The van der Waals surface area contributed by atoms with Gasteiger partial charge in [0.25, 0.3) is 0 Å². The van der Waals surface area contributed by atoms with E-state index in [1.165, 1.54) is 0 Å². The molecule has 0 bridgehead atoms. The normalized spacial score (nSPS) is 10.6. The number of aryl methyl sites for hydroxylation is 1. The number of pyridine rings is 1. The molecule has 4 nitrogen and oxygen atoms in total. The predicted octanol–water partition coefficient (Wildman–Crippen LogP) is 1.38. The molecule has 2 aromatic heterocycles. The molecule has 0 aliphatic carbocycles. The summed E-state index contributed by atoms with van der Waals surface area (Å²) in [6.45, 7) is 3.85. The van der Waals surface area contributed by atoms with Crippen LogP contribution in [0.3, 0.4) is 0 Å². The fraction of sp³-hybridized carbons (Fsp3) is 0.273. The van der Waals surface area contributed by atoms with Gasteiger partial charge in [-0.1, -0.05) is 0 Å². The van der Waals surface area contributed by atoms with Gasteiger partial charge in [-0.15, -0.1) is 0 Å². The second-order valence-electron chi connectivity index (χ2n) is 3.46. The minimum Gasteiger partial charge on any atom is -0.390 e. The molecule has 0 aliphatic heterocycles. The van der Waals surface area contributed by atoms with Gasteiger partial charge in [-0.3, -0.25) is 4.98 Å². The molecule has 2 aromatic rings. The maximum absolute atomic E-state index is 9.03. The molecule has 2 heterocycles. The molecule has 0 amide bonds. The van der Waals surface area contributed by atoms with Gasteiger partial charge in [0.1, 0.15) is 0 Å². The lowest BCUT2D eigenvalue weighted by molar-refractivity contribution is 0.276. The van der Waals surface area contributed by atoms with E-state index in [-0.39, 0.29) is 6.61 Å². The molecular weight excluding hydrogens is 190 g/mol. The molecule has 0 saturated heterocycles. The van der Waals surface area contributed by atoms with Crippen molar-refractivity contribution in [2.75, 3.05) is 0 Å². The Balaban J connectivity index is 2.45. The van der Waals surface area contributed by atoms with Crippen molar-refractivity contribution in [2.45, 2.75) is 20.5 Å². The fourth-order valence-corrected chi connectivity index (χ4v) is 1.46. The first kappa shape index (κ1) is 9.86. The van der Waals surface area contributed by atoms with E-state index in [2.05, 4.69) is 9.97 Å². The summed E-state index contributed by atoms with van der Waals surface area (Å²) in [5.41, 5.74) is 3.60. The molecular formula is C11H13N3O. The van der Waals surface area contributed by atoms with Gasteiger partial charge in [0, 0.05) is 11.4 Å². The highest BCUT2D eigenvalue weighted by Crippen LogP contribution is 2.13. The second-order valence-corrected chi connectivity index (χ2v) is 3.46. The quantitative estimate of drug-likeness (QED) is 0.802. The number of aromatic nitrogens is 3.